The van der Waals surface area contributed by atoms with Gasteiger partial charge < -0.3 is 20.1 Å². The number of rotatable bonds is 9. The number of nitrogens with zero attached hydrogens (tertiary/aromatic N) is 2. The molecule has 4 aromatic rings. The van der Waals surface area contributed by atoms with Gasteiger partial charge in [-0.3, -0.25) is 4.98 Å². The number of hydrogen-bond acceptors (Lipinski definition) is 5. The van der Waals surface area contributed by atoms with E-state index in [1.807, 2.05) is 30.3 Å². The number of pyridine rings is 1. The maximum atomic E-state index is 10.6. The van der Waals surface area contributed by atoms with Gasteiger partial charge in [-0.25, -0.2) is 0 Å². The molecule has 5 rings (SSSR count). The minimum absolute atomic E-state index is 0.183. The Morgan fingerprint density at radius 2 is 1.54 bits per heavy atom. The monoisotopic (exact) mass is 467 g/mol. The third-order valence-electron chi connectivity index (χ3n) is 6.76. The highest BCUT2D eigenvalue weighted by Gasteiger charge is 2.24. The Kier molecular flexibility index (Phi) is 7.69. The van der Waals surface area contributed by atoms with Crippen molar-refractivity contribution >= 4 is 10.9 Å². The minimum Gasteiger partial charge on any atom is -0.490 e. The van der Waals surface area contributed by atoms with Gasteiger partial charge >= 0.3 is 0 Å². The van der Waals surface area contributed by atoms with E-state index in [1.54, 1.807) is 6.20 Å². The maximum Gasteiger partial charge on any atom is 0.128 e. The molecule has 1 fully saturated rings. The van der Waals surface area contributed by atoms with Crippen molar-refractivity contribution in [1.29, 1.82) is 0 Å². The molecule has 1 unspecified atom stereocenters. The molecule has 5 heteroatoms. The molecule has 0 amide bonds. The lowest BCUT2D eigenvalue weighted by molar-refractivity contribution is 0.0579. The van der Waals surface area contributed by atoms with Crippen LogP contribution in [0.15, 0.2) is 97.2 Å². The molecule has 180 valence electrons. The van der Waals surface area contributed by atoms with E-state index in [1.165, 1.54) is 11.1 Å². The van der Waals surface area contributed by atoms with Gasteiger partial charge in [0.25, 0.3) is 0 Å². The minimum atomic E-state index is -0.534. The number of aliphatic hydroxyl groups excluding tert-OH is 1. The number of hydrogen-bond donors (Lipinski definition) is 2. The predicted molar refractivity (Wildman–Crippen MR) is 141 cm³/mol. The molecule has 1 aliphatic heterocycles. The fraction of sp³-hybridized carbons (Fsp3) is 0.300. The van der Waals surface area contributed by atoms with E-state index >= 15 is 0 Å². The van der Waals surface area contributed by atoms with Gasteiger partial charge in [-0.15, -0.1) is 0 Å². The van der Waals surface area contributed by atoms with Crippen molar-refractivity contribution in [3.8, 4) is 5.75 Å². The summed E-state index contributed by atoms with van der Waals surface area (Å²) in [5.74, 6) is 0.769. The molecule has 0 saturated carbocycles. The number of β-amino-alcohol motifs (C(OH)–C–C–N with tert-alkyl or cyclic N) is 1. The Bertz CT molecular complexity index is 1150. The van der Waals surface area contributed by atoms with Gasteiger partial charge in [-0.2, -0.15) is 0 Å². The molecule has 0 spiro atoms. The Balaban J connectivity index is 1.13. The van der Waals surface area contributed by atoms with Crippen LogP contribution in [-0.4, -0.2) is 53.4 Å². The van der Waals surface area contributed by atoms with Crippen LogP contribution >= 0.6 is 0 Å². The van der Waals surface area contributed by atoms with Crippen LogP contribution < -0.4 is 10.1 Å². The fourth-order valence-corrected chi connectivity index (χ4v) is 4.93. The number of aromatic nitrogens is 1. The van der Waals surface area contributed by atoms with Crippen LogP contribution in [0.4, 0.5) is 0 Å². The molecule has 0 bridgehead atoms. The smallest absolute Gasteiger partial charge is 0.128 e. The van der Waals surface area contributed by atoms with Crippen molar-refractivity contribution in [3.63, 3.8) is 0 Å². The molecule has 1 aliphatic rings. The average molecular weight is 468 g/mol. The number of likely N-dealkylation sites (tertiary alicyclic amines) is 1. The van der Waals surface area contributed by atoms with Crippen LogP contribution in [0.5, 0.6) is 5.75 Å². The first-order valence-electron chi connectivity index (χ1n) is 12.5. The molecule has 35 heavy (non-hydrogen) atoms. The van der Waals surface area contributed by atoms with Gasteiger partial charge in [0.2, 0.25) is 0 Å². The van der Waals surface area contributed by atoms with Crippen molar-refractivity contribution in [2.45, 2.75) is 31.0 Å². The first kappa shape index (κ1) is 23.5. The highest BCUT2D eigenvalue weighted by molar-refractivity contribution is 5.84. The predicted octanol–water partition coefficient (Wildman–Crippen LogP) is 4.82. The zero-order chi connectivity index (χ0) is 23.9. The molecule has 2 N–H and O–H groups in total. The summed E-state index contributed by atoms with van der Waals surface area (Å²) in [5.41, 5.74) is 3.48. The molecule has 3 aromatic carbocycles. The van der Waals surface area contributed by atoms with Crippen LogP contribution in [-0.2, 0) is 0 Å². The summed E-state index contributed by atoms with van der Waals surface area (Å²) < 4.78 is 5.97. The molecule has 1 saturated heterocycles. The molecule has 1 aromatic heterocycles. The lowest BCUT2D eigenvalue weighted by Gasteiger charge is -2.35. The first-order chi connectivity index (χ1) is 17.3. The zero-order valence-electron chi connectivity index (χ0n) is 20.0. The standard InChI is InChI=1S/C30H33N3O2/c34-26(22-35-29-15-7-14-28-27(29)13-8-18-31-28)21-33-19-16-25(17-20-33)32-30(23-9-3-1-4-10-23)24-11-5-2-6-12-24/h1-15,18,25-26,30,32,34H,16-17,19-22H2. The lowest BCUT2D eigenvalue weighted by atomic mass is 9.95. The van der Waals surface area contributed by atoms with E-state index in [2.05, 4.69) is 75.9 Å². The third-order valence-corrected chi connectivity index (χ3v) is 6.76. The number of benzene rings is 3. The van der Waals surface area contributed by atoms with E-state index in [9.17, 15) is 5.11 Å². The normalized spacial score (nSPS) is 15.9. The van der Waals surface area contributed by atoms with Crippen molar-refractivity contribution in [2.24, 2.45) is 0 Å². The third kappa shape index (κ3) is 6.06. The summed E-state index contributed by atoms with van der Waals surface area (Å²) in [7, 11) is 0. The number of piperidine rings is 1. The van der Waals surface area contributed by atoms with E-state index in [4.69, 9.17) is 4.74 Å². The molecule has 2 heterocycles. The van der Waals surface area contributed by atoms with Gasteiger partial charge in [0, 0.05) is 24.2 Å². The lowest BCUT2D eigenvalue weighted by Crippen LogP contribution is -2.46. The van der Waals surface area contributed by atoms with Gasteiger partial charge in [0.1, 0.15) is 18.5 Å². The Labute approximate surface area is 207 Å². The molecule has 0 radical (unpaired) electrons. The van der Waals surface area contributed by atoms with Crippen molar-refractivity contribution in [3.05, 3.63) is 108 Å². The molecule has 1 atom stereocenters. The quantitative estimate of drug-likeness (QED) is 0.370. The molecule has 0 aliphatic carbocycles. The number of fused-ring (bicyclic) bond motifs is 1. The average Bonchev–Trinajstić information content (AvgIpc) is 2.92. The van der Waals surface area contributed by atoms with Crippen LogP contribution in [0.1, 0.15) is 30.0 Å². The topological polar surface area (TPSA) is 57.6 Å². The second-order valence-electron chi connectivity index (χ2n) is 9.29. The fourth-order valence-electron chi connectivity index (χ4n) is 4.93. The van der Waals surface area contributed by atoms with Crippen molar-refractivity contribution in [1.82, 2.24) is 15.2 Å². The number of aliphatic hydroxyl groups is 1. The summed E-state index contributed by atoms with van der Waals surface area (Å²) in [5, 5.41) is 15.5. The summed E-state index contributed by atoms with van der Waals surface area (Å²) in [6.07, 6.45) is 3.35. The largest absolute Gasteiger partial charge is 0.490 e. The summed E-state index contributed by atoms with van der Waals surface area (Å²) in [6.45, 7) is 2.82. The second kappa shape index (κ2) is 11.5. The van der Waals surface area contributed by atoms with Gasteiger partial charge in [-0.1, -0.05) is 66.7 Å². The Morgan fingerprint density at radius 1 is 0.857 bits per heavy atom. The number of ether oxygens (including phenoxy) is 1. The summed E-state index contributed by atoms with van der Waals surface area (Å²) in [6, 6.07) is 31.7. The van der Waals surface area contributed by atoms with Crippen LogP contribution in [0, 0.1) is 0 Å². The van der Waals surface area contributed by atoms with Gasteiger partial charge in [0.05, 0.1) is 11.6 Å². The van der Waals surface area contributed by atoms with Crippen molar-refractivity contribution in [2.75, 3.05) is 26.2 Å². The second-order valence-corrected chi connectivity index (χ2v) is 9.29. The van der Waals surface area contributed by atoms with E-state index in [-0.39, 0.29) is 12.6 Å². The zero-order valence-corrected chi connectivity index (χ0v) is 20.0. The SMILES string of the molecule is OC(COc1cccc2ncccc12)CN1CCC(NC(c2ccccc2)c2ccccc2)CC1. The van der Waals surface area contributed by atoms with Gasteiger partial charge in [-0.05, 0) is 61.3 Å². The van der Waals surface area contributed by atoms with E-state index in [0.717, 1.165) is 42.6 Å². The van der Waals surface area contributed by atoms with E-state index < -0.39 is 6.10 Å². The number of nitrogens with one attached hydrogen (secondary N) is 1. The van der Waals surface area contributed by atoms with Crippen LogP contribution in [0.2, 0.25) is 0 Å². The molecular weight excluding hydrogens is 434 g/mol. The molecular formula is C30H33N3O2. The Morgan fingerprint density at radius 3 is 2.23 bits per heavy atom. The maximum absolute atomic E-state index is 10.6. The first-order valence-corrected chi connectivity index (χ1v) is 12.5. The van der Waals surface area contributed by atoms with Crippen LogP contribution in [0.3, 0.4) is 0 Å². The van der Waals surface area contributed by atoms with Gasteiger partial charge in [0.15, 0.2) is 0 Å². The van der Waals surface area contributed by atoms with Crippen LogP contribution in [0.25, 0.3) is 10.9 Å². The highest BCUT2D eigenvalue weighted by Crippen LogP contribution is 2.25. The summed E-state index contributed by atoms with van der Waals surface area (Å²) >= 11 is 0. The Hall–Kier alpha value is -3.25. The van der Waals surface area contributed by atoms with E-state index in [0.29, 0.717) is 12.6 Å². The molecule has 5 nitrogen and oxygen atoms in total. The summed E-state index contributed by atoms with van der Waals surface area (Å²) in [4.78, 5) is 6.72. The highest BCUT2D eigenvalue weighted by atomic mass is 16.5. The van der Waals surface area contributed by atoms with Crippen molar-refractivity contribution < 1.29 is 9.84 Å².